The molecule has 1 fully saturated rings. The second-order valence-electron chi connectivity index (χ2n) is 6.06. The number of rotatable bonds is 2. The van der Waals surface area contributed by atoms with E-state index in [0.717, 1.165) is 11.1 Å². The molecule has 2 aromatic rings. The molecular formula is C19H20FNO2. The van der Waals surface area contributed by atoms with Gasteiger partial charge in [-0.2, -0.15) is 0 Å². The number of ether oxygens (including phenoxy) is 1. The summed E-state index contributed by atoms with van der Waals surface area (Å²) < 4.78 is 18.7. The van der Waals surface area contributed by atoms with Gasteiger partial charge in [0.05, 0.1) is 12.2 Å². The summed E-state index contributed by atoms with van der Waals surface area (Å²) >= 11 is 0. The van der Waals surface area contributed by atoms with Crippen LogP contribution in [-0.2, 0) is 4.74 Å². The fourth-order valence-corrected chi connectivity index (χ4v) is 3.00. The third-order valence-corrected chi connectivity index (χ3v) is 3.99. The Morgan fingerprint density at radius 1 is 1.04 bits per heavy atom. The van der Waals surface area contributed by atoms with Crippen LogP contribution in [-0.4, -0.2) is 36.1 Å². The predicted octanol–water partition coefficient (Wildman–Crippen LogP) is 3.74. The summed E-state index contributed by atoms with van der Waals surface area (Å²) in [6.45, 7) is 5.16. The molecule has 1 saturated heterocycles. The van der Waals surface area contributed by atoms with E-state index in [-0.39, 0.29) is 23.9 Å². The first-order valence-corrected chi connectivity index (χ1v) is 7.83. The van der Waals surface area contributed by atoms with Crippen LogP contribution in [0.25, 0.3) is 11.1 Å². The second-order valence-corrected chi connectivity index (χ2v) is 6.06. The number of hydrogen-bond donors (Lipinski definition) is 0. The average molecular weight is 313 g/mol. The van der Waals surface area contributed by atoms with Gasteiger partial charge in [0.15, 0.2) is 0 Å². The van der Waals surface area contributed by atoms with Crippen molar-refractivity contribution in [3.05, 3.63) is 59.9 Å². The van der Waals surface area contributed by atoms with E-state index in [1.54, 1.807) is 12.1 Å². The smallest absolute Gasteiger partial charge is 0.254 e. The van der Waals surface area contributed by atoms with Crippen LogP contribution in [0.15, 0.2) is 48.5 Å². The Morgan fingerprint density at radius 3 is 2.35 bits per heavy atom. The van der Waals surface area contributed by atoms with E-state index in [9.17, 15) is 9.18 Å². The molecule has 1 aliphatic rings. The summed E-state index contributed by atoms with van der Waals surface area (Å²) in [5.41, 5.74) is 2.45. The number of hydrogen-bond acceptors (Lipinski definition) is 2. The first kappa shape index (κ1) is 15.7. The molecule has 0 N–H and O–H groups in total. The molecule has 0 radical (unpaired) electrons. The van der Waals surface area contributed by atoms with Gasteiger partial charge in [-0.1, -0.05) is 24.3 Å². The first-order valence-electron chi connectivity index (χ1n) is 7.83. The monoisotopic (exact) mass is 313 g/mol. The summed E-state index contributed by atoms with van der Waals surface area (Å²) in [5.74, 6) is -0.256. The van der Waals surface area contributed by atoms with Crippen molar-refractivity contribution >= 4 is 5.91 Å². The molecule has 23 heavy (non-hydrogen) atoms. The Labute approximate surface area is 135 Å². The number of morpholine rings is 1. The number of halogens is 1. The third kappa shape index (κ3) is 3.59. The Bertz CT molecular complexity index is 689. The number of benzene rings is 2. The standard InChI is InChI=1S/C19H20FNO2/c1-13-11-21(12-14(2)23-13)19(22)17-5-3-4-16(10-17)15-6-8-18(20)9-7-15/h3-10,13-14H,11-12H2,1-2H3/t13-,14-/m0/s1. The molecule has 3 nitrogen and oxygen atoms in total. The maximum atomic E-state index is 13.1. The van der Waals surface area contributed by atoms with Crippen molar-refractivity contribution in [3.8, 4) is 11.1 Å². The molecule has 0 aromatic heterocycles. The molecule has 1 heterocycles. The van der Waals surface area contributed by atoms with Gasteiger partial charge < -0.3 is 9.64 Å². The first-order chi connectivity index (χ1) is 11.0. The van der Waals surface area contributed by atoms with Crippen molar-refractivity contribution in [1.82, 2.24) is 4.90 Å². The number of carbonyl (C=O) groups excluding carboxylic acids is 1. The molecule has 0 aliphatic carbocycles. The van der Waals surface area contributed by atoms with Crippen molar-refractivity contribution in [1.29, 1.82) is 0 Å². The maximum Gasteiger partial charge on any atom is 0.254 e. The lowest BCUT2D eigenvalue weighted by Crippen LogP contribution is -2.48. The molecule has 2 aromatic carbocycles. The van der Waals surface area contributed by atoms with Crippen LogP contribution in [0.5, 0.6) is 0 Å². The van der Waals surface area contributed by atoms with Gasteiger partial charge in [-0.05, 0) is 49.2 Å². The Hall–Kier alpha value is -2.20. The summed E-state index contributed by atoms with van der Waals surface area (Å²) in [6.07, 6.45) is 0.0889. The molecule has 0 spiro atoms. The maximum absolute atomic E-state index is 13.1. The van der Waals surface area contributed by atoms with Gasteiger partial charge in [0.25, 0.3) is 5.91 Å². The molecule has 120 valence electrons. The van der Waals surface area contributed by atoms with E-state index in [0.29, 0.717) is 18.7 Å². The lowest BCUT2D eigenvalue weighted by atomic mass is 10.0. The summed E-state index contributed by atoms with van der Waals surface area (Å²) in [7, 11) is 0. The van der Waals surface area contributed by atoms with Crippen molar-refractivity contribution < 1.29 is 13.9 Å². The van der Waals surface area contributed by atoms with Crippen LogP contribution in [0.2, 0.25) is 0 Å². The average Bonchev–Trinajstić information content (AvgIpc) is 2.54. The molecule has 1 aliphatic heterocycles. The second kappa shape index (κ2) is 6.50. The predicted molar refractivity (Wildman–Crippen MR) is 87.7 cm³/mol. The van der Waals surface area contributed by atoms with Crippen molar-refractivity contribution in [2.24, 2.45) is 0 Å². The van der Waals surface area contributed by atoms with Crippen LogP contribution >= 0.6 is 0 Å². The summed E-state index contributed by atoms with van der Waals surface area (Å²) in [5, 5.41) is 0. The fraction of sp³-hybridized carbons (Fsp3) is 0.316. The molecule has 1 amide bonds. The number of carbonyl (C=O) groups is 1. The normalized spacial score (nSPS) is 21.3. The summed E-state index contributed by atoms with van der Waals surface area (Å²) in [4.78, 5) is 14.6. The molecular weight excluding hydrogens is 293 g/mol. The zero-order chi connectivity index (χ0) is 16.4. The van der Waals surface area contributed by atoms with Crippen LogP contribution in [0.4, 0.5) is 4.39 Å². The van der Waals surface area contributed by atoms with Gasteiger partial charge in [-0.15, -0.1) is 0 Å². The highest BCUT2D eigenvalue weighted by Gasteiger charge is 2.26. The fourth-order valence-electron chi connectivity index (χ4n) is 3.00. The lowest BCUT2D eigenvalue weighted by molar-refractivity contribution is -0.0586. The zero-order valence-corrected chi connectivity index (χ0v) is 13.3. The molecule has 0 unspecified atom stereocenters. The quantitative estimate of drug-likeness (QED) is 0.845. The van der Waals surface area contributed by atoms with Crippen LogP contribution in [0.1, 0.15) is 24.2 Å². The number of amides is 1. The minimum atomic E-state index is -0.266. The Balaban J connectivity index is 1.84. The minimum absolute atomic E-state index is 0.0101. The van der Waals surface area contributed by atoms with Crippen LogP contribution in [0.3, 0.4) is 0 Å². The highest BCUT2D eigenvalue weighted by molar-refractivity contribution is 5.95. The molecule has 3 rings (SSSR count). The van der Waals surface area contributed by atoms with Gasteiger partial charge in [0, 0.05) is 18.7 Å². The zero-order valence-electron chi connectivity index (χ0n) is 13.3. The van der Waals surface area contributed by atoms with Crippen molar-refractivity contribution in [2.45, 2.75) is 26.1 Å². The van der Waals surface area contributed by atoms with Gasteiger partial charge in [0.1, 0.15) is 5.82 Å². The molecule has 2 atom stereocenters. The van der Waals surface area contributed by atoms with Crippen molar-refractivity contribution in [2.75, 3.05) is 13.1 Å². The van der Waals surface area contributed by atoms with Crippen LogP contribution < -0.4 is 0 Å². The lowest BCUT2D eigenvalue weighted by Gasteiger charge is -2.35. The topological polar surface area (TPSA) is 29.5 Å². The number of nitrogens with zero attached hydrogens (tertiary/aromatic N) is 1. The van der Waals surface area contributed by atoms with E-state index in [1.165, 1.54) is 12.1 Å². The van der Waals surface area contributed by atoms with E-state index >= 15 is 0 Å². The van der Waals surface area contributed by atoms with E-state index in [2.05, 4.69) is 0 Å². The molecule has 0 saturated carbocycles. The Kier molecular flexibility index (Phi) is 4.44. The van der Waals surface area contributed by atoms with E-state index < -0.39 is 0 Å². The third-order valence-electron chi connectivity index (χ3n) is 3.99. The Morgan fingerprint density at radius 2 is 1.70 bits per heavy atom. The van der Waals surface area contributed by atoms with Gasteiger partial charge in [-0.25, -0.2) is 4.39 Å². The van der Waals surface area contributed by atoms with Gasteiger partial charge in [0.2, 0.25) is 0 Å². The molecule has 0 bridgehead atoms. The van der Waals surface area contributed by atoms with E-state index in [1.807, 2.05) is 43.0 Å². The molecule has 4 heteroatoms. The highest BCUT2D eigenvalue weighted by atomic mass is 19.1. The van der Waals surface area contributed by atoms with Crippen molar-refractivity contribution in [3.63, 3.8) is 0 Å². The van der Waals surface area contributed by atoms with E-state index in [4.69, 9.17) is 4.74 Å². The largest absolute Gasteiger partial charge is 0.372 e. The summed E-state index contributed by atoms with van der Waals surface area (Å²) in [6, 6.07) is 13.8. The van der Waals surface area contributed by atoms with Crippen LogP contribution in [0, 0.1) is 5.82 Å². The minimum Gasteiger partial charge on any atom is -0.372 e. The van der Waals surface area contributed by atoms with Gasteiger partial charge in [-0.3, -0.25) is 4.79 Å². The SMILES string of the molecule is C[C@H]1CN(C(=O)c2cccc(-c3ccc(F)cc3)c2)C[C@H](C)O1. The van der Waals surface area contributed by atoms with Gasteiger partial charge >= 0.3 is 0 Å². The highest BCUT2D eigenvalue weighted by Crippen LogP contribution is 2.22.